The summed E-state index contributed by atoms with van der Waals surface area (Å²) in [5, 5.41) is 5.67. The van der Waals surface area contributed by atoms with Crippen molar-refractivity contribution in [2.24, 2.45) is 0 Å². The Morgan fingerprint density at radius 3 is 2.92 bits per heavy atom. The van der Waals surface area contributed by atoms with Gasteiger partial charge in [-0.2, -0.15) is 0 Å². The van der Waals surface area contributed by atoms with Gasteiger partial charge in [0.2, 0.25) is 0 Å². The molecular weight excluding hydrogens is 344 g/mol. The molecule has 0 atom stereocenters. The smallest absolute Gasteiger partial charge is 0.263 e. The van der Waals surface area contributed by atoms with E-state index in [9.17, 15) is 9.59 Å². The monoisotopic (exact) mass is 360 g/mol. The maximum atomic E-state index is 12.3. The maximum absolute atomic E-state index is 12.3. The highest BCUT2D eigenvalue weighted by atomic mass is 32.1. The maximum Gasteiger partial charge on any atom is 0.263 e. The van der Waals surface area contributed by atoms with Gasteiger partial charge in [-0.3, -0.25) is 14.2 Å². The lowest BCUT2D eigenvalue weighted by molar-refractivity contribution is 0.0955. The zero-order valence-electron chi connectivity index (χ0n) is 13.3. The SMILES string of the molecule is Cc1cc(=O)n(CCNC(=O)c2sc(-c3cccs3)nc2C)cn1. The standard InChI is InChI=1S/C16H16N4O2S2/c1-10-8-13(21)20(9-18-10)6-5-17-15(22)14-11(2)19-16(24-14)12-4-3-7-23-12/h3-4,7-9H,5-6H2,1-2H3,(H,17,22). The molecule has 0 saturated carbocycles. The van der Waals surface area contributed by atoms with E-state index in [0.717, 1.165) is 15.6 Å². The van der Waals surface area contributed by atoms with Gasteiger partial charge in [-0.1, -0.05) is 6.07 Å². The Bertz CT molecular complexity index is 913. The van der Waals surface area contributed by atoms with Crippen LogP contribution in [0.15, 0.2) is 34.7 Å². The van der Waals surface area contributed by atoms with E-state index in [1.165, 1.54) is 28.3 Å². The van der Waals surface area contributed by atoms with Crippen LogP contribution >= 0.6 is 22.7 Å². The molecule has 3 aromatic heterocycles. The summed E-state index contributed by atoms with van der Waals surface area (Å²) in [7, 11) is 0. The fourth-order valence-electron chi connectivity index (χ4n) is 2.17. The van der Waals surface area contributed by atoms with Gasteiger partial charge in [0.15, 0.2) is 0 Å². The van der Waals surface area contributed by atoms with E-state index in [1.807, 2.05) is 24.4 Å². The van der Waals surface area contributed by atoms with Gasteiger partial charge in [0, 0.05) is 24.8 Å². The van der Waals surface area contributed by atoms with Gasteiger partial charge in [0.05, 0.1) is 16.9 Å². The van der Waals surface area contributed by atoms with Crippen LogP contribution in [0.5, 0.6) is 0 Å². The molecule has 124 valence electrons. The number of hydrogen-bond donors (Lipinski definition) is 1. The first kappa shape index (κ1) is 16.5. The van der Waals surface area contributed by atoms with E-state index in [4.69, 9.17) is 0 Å². The van der Waals surface area contributed by atoms with E-state index in [0.29, 0.717) is 23.7 Å². The lowest BCUT2D eigenvalue weighted by atomic mass is 10.3. The number of carbonyl (C=O) groups excluding carboxylic acids is 1. The number of rotatable bonds is 5. The first-order valence-electron chi connectivity index (χ1n) is 7.37. The summed E-state index contributed by atoms with van der Waals surface area (Å²) < 4.78 is 1.48. The Labute approximate surface area is 146 Å². The summed E-state index contributed by atoms with van der Waals surface area (Å²) in [6.07, 6.45) is 1.50. The van der Waals surface area contributed by atoms with Gasteiger partial charge in [-0.25, -0.2) is 9.97 Å². The Kier molecular flexibility index (Phi) is 4.86. The van der Waals surface area contributed by atoms with Crippen LogP contribution < -0.4 is 10.9 Å². The third kappa shape index (κ3) is 3.60. The topological polar surface area (TPSA) is 76.9 Å². The van der Waals surface area contributed by atoms with Crippen LogP contribution in [0.25, 0.3) is 9.88 Å². The van der Waals surface area contributed by atoms with Crippen LogP contribution in [0.2, 0.25) is 0 Å². The van der Waals surface area contributed by atoms with Crippen LogP contribution in [0.4, 0.5) is 0 Å². The van der Waals surface area contributed by atoms with E-state index in [2.05, 4.69) is 15.3 Å². The third-order valence-corrected chi connectivity index (χ3v) is 5.58. The van der Waals surface area contributed by atoms with Crippen molar-refractivity contribution in [2.75, 3.05) is 6.54 Å². The van der Waals surface area contributed by atoms with E-state index < -0.39 is 0 Å². The number of carbonyl (C=O) groups is 1. The fourth-order valence-corrected chi connectivity index (χ4v) is 3.95. The highest BCUT2D eigenvalue weighted by molar-refractivity contribution is 7.22. The third-order valence-electron chi connectivity index (χ3n) is 3.39. The van der Waals surface area contributed by atoms with Gasteiger partial charge in [-0.05, 0) is 25.3 Å². The number of nitrogens with zero attached hydrogens (tertiary/aromatic N) is 3. The van der Waals surface area contributed by atoms with Gasteiger partial charge < -0.3 is 5.32 Å². The van der Waals surface area contributed by atoms with Crippen molar-refractivity contribution in [3.63, 3.8) is 0 Å². The quantitative estimate of drug-likeness (QED) is 0.758. The number of aromatic nitrogens is 3. The Morgan fingerprint density at radius 2 is 2.21 bits per heavy atom. The van der Waals surface area contributed by atoms with Crippen molar-refractivity contribution < 1.29 is 4.79 Å². The predicted molar refractivity (Wildman–Crippen MR) is 95.7 cm³/mol. The number of thiazole rings is 1. The second-order valence-electron chi connectivity index (χ2n) is 5.23. The summed E-state index contributed by atoms with van der Waals surface area (Å²) in [5.74, 6) is -0.166. The normalized spacial score (nSPS) is 10.8. The summed E-state index contributed by atoms with van der Waals surface area (Å²) in [5.41, 5.74) is 1.28. The Morgan fingerprint density at radius 1 is 1.38 bits per heavy atom. The van der Waals surface area contributed by atoms with Gasteiger partial charge in [0.1, 0.15) is 9.88 Å². The van der Waals surface area contributed by atoms with Gasteiger partial charge in [-0.15, -0.1) is 22.7 Å². The summed E-state index contributed by atoms with van der Waals surface area (Å²) >= 11 is 2.98. The van der Waals surface area contributed by atoms with Crippen molar-refractivity contribution in [1.29, 1.82) is 0 Å². The number of amides is 1. The predicted octanol–water partition coefficient (Wildman–Crippen LogP) is 2.48. The van der Waals surface area contributed by atoms with Gasteiger partial charge in [0.25, 0.3) is 11.5 Å². The molecule has 0 aliphatic carbocycles. The molecule has 0 aromatic carbocycles. The number of nitrogens with one attached hydrogen (secondary N) is 1. The van der Waals surface area contributed by atoms with Crippen LogP contribution in [0, 0.1) is 13.8 Å². The van der Waals surface area contributed by atoms with Crippen LogP contribution in [0.1, 0.15) is 21.1 Å². The van der Waals surface area contributed by atoms with Crippen LogP contribution in [-0.2, 0) is 6.54 Å². The highest BCUT2D eigenvalue weighted by Crippen LogP contribution is 2.30. The average Bonchev–Trinajstić information content (AvgIpc) is 3.18. The number of hydrogen-bond acceptors (Lipinski definition) is 6. The second-order valence-corrected chi connectivity index (χ2v) is 7.18. The first-order valence-corrected chi connectivity index (χ1v) is 9.07. The minimum absolute atomic E-state index is 0.120. The molecule has 0 unspecified atom stereocenters. The molecule has 3 aromatic rings. The molecule has 0 aliphatic heterocycles. The molecule has 0 saturated heterocycles. The lowest BCUT2D eigenvalue weighted by Crippen LogP contribution is -2.30. The van der Waals surface area contributed by atoms with E-state index in [1.54, 1.807) is 18.3 Å². The highest BCUT2D eigenvalue weighted by Gasteiger charge is 2.16. The zero-order valence-corrected chi connectivity index (χ0v) is 14.9. The first-order chi connectivity index (χ1) is 11.5. The molecular formula is C16H16N4O2S2. The van der Waals surface area contributed by atoms with Crippen molar-refractivity contribution >= 4 is 28.6 Å². The Hall–Kier alpha value is -2.32. The molecule has 0 bridgehead atoms. The summed E-state index contributed by atoms with van der Waals surface area (Å²) in [6.45, 7) is 4.34. The zero-order chi connectivity index (χ0) is 17.1. The molecule has 0 spiro atoms. The second kappa shape index (κ2) is 7.06. The van der Waals surface area contributed by atoms with E-state index >= 15 is 0 Å². The molecule has 0 fully saturated rings. The molecule has 1 N–H and O–H groups in total. The number of thiophene rings is 1. The van der Waals surface area contributed by atoms with Crippen molar-refractivity contribution in [3.8, 4) is 9.88 Å². The van der Waals surface area contributed by atoms with Crippen LogP contribution in [-0.4, -0.2) is 27.0 Å². The minimum Gasteiger partial charge on any atom is -0.349 e. The number of aryl methyl sites for hydroxylation is 2. The molecule has 0 aliphatic rings. The molecule has 0 radical (unpaired) electrons. The lowest BCUT2D eigenvalue weighted by Gasteiger charge is -2.06. The molecule has 1 amide bonds. The molecule has 24 heavy (non-hydrogen) atoms. The molecule has 8 heteroatoms. The molecule has 3 heterocycles. The van der Waals surface area contributed by atoms with Crippen LogP contribution in [0.3, 0.4) is 0 Å². The summed E-state index contributed by atoms with van der Waals surface area (Å²) in [4.78, 5) is 34.3. The summed E-state index contributed by atoms with van der Waals surface area (Å²) in [6, 6.07) is 5.42. The van der Waals surface area contributed by atoms with Gasteiger partial charge >= 0.3 is 0 Å². The molecule has 3 rings (SSSR count). The Balaban J connectivity index is 1.64. The van der Waals surface area contributed by atoms with Crippen molar-refractivity contribution in [1.82, 2.24) is 19.9 Å². The average molecular weight is 360 g/mol. The van der Waals surface area contributed by atoms with Crippen molar-refractivity contribution in [2.45, 2.75) is 20.4 Å². The van der Waals surface area contributed by atoms with Crippen molar-refractivity contribution in [3.05, 3.63) is 56.5 Å². The molecule has 6 nitrogen and oxygen atoms in total. The minimum atomic E-state index is -0.166. The fraction of sp³-hybridized carbons (Fsp3) is 0.250. The van der Waals surface area contributed by atoms with E-state index in [-0.39, 0.29) is 11.5 Å². The largest absolute Gasteiger partial charge is 0.349 e.